The third-order valence-corrected chi connectivity index (χ3v) is 6.96. The summed E-state index contributed by atoms with van der Waals surface area (Å²) in [6.45, 7) is 3.77. The molecule has 2 aromatic heterocycles. The van der Waals surface area contributed by atoms with Gasteiger partial charge in [0.15, 0.2) is 5.65 Å². The van der Waals surface area contributed by atoms with Crippen LogP contribution >= 0.6 is 0 Å². The maximum Gasteiger partial charge on any atom is 0.397 e. The average molecular weight is 438 g/mol. The van der Waals surface area contributed by atoms with Crippen molar-refractivity contribution in [3.63, 3.8) is 0 Å². The Kier molecular flexibility index (Phi) is 4.50. The first-order valence-corrected chi connectivity index (χ1v) is 10.4. The number of pyridine rings is 1. The number of ether oxygens (including phenoxy) is 1. The van der Waals surface area contributed by atoms with Gasteiger partial charge in [-0.3, -0.25) is 4.79 Å². The fourth-order valence-electron chi connectivity index (χ4n) is 5.23. The van der Waals surface area contributed by atoms with Gasteiger partial charge in [0.05, 0.1) is 23.8 Å². The summed E-state index contributed by atoms with van der Waals surface area (Å²) >= 11 is 0. The molecule has 31 heavy (non-hydrogen) atoms. The molecule has 1 aliphatic carbocycles. The second-order valence-electron chi connectivity index (χ2n) is 9.09. The van der Waals surface area contributed by atoms with E-state index in [4.69, 9.17) is 4.74 Å². The van der Waals surface area contributed by atoms with Crippen molar-refractivity contribution in [1.29, 1.82) is 0 Å². The van der Waals surface area contributed by atoms with Crippen molar-refractivity contribution < 1.29 is 22.7 Å². The number of anilines is 1. The predicted molar refractivity (Wildman–Crippen MR) is 106 cm³/mol. The molecule has 2 unspecified atom stereocenters. The zero-order chi connectivity index (χ0) is 22.0. The molecule has 5 rings (SSSR count). The minimum Gasteiger partial charge on any atom is -0.374 e. The molecule has 0 spiro atoms. The lowest BCUT2D eigenvalue weighted by Crippen LogP contribution is -2.48. The quantitative estimate of drug-likeness (QED) is 0.775. The van der Waals surface area contributed by atoms with Crippen LogP contribution in [0.25, 0.3) is 5.65 Å². The number of carbonyl (C=O) groups is 1. The minimum absolute atomic E-state index is 0.00422. The third-order valence-electron chi connectivity index (χ3n) is 6.96. The van der Waals surface area contributed by atoms with Gasteiger partial charge in [-0.2, -0.15) is 18.3 Å². The third kappa shape index (κ3) is 3.08. The molecule has 168 valence electrons. The van der Waals surface area contributed by atoms with Crippen LogP contribution in [-0.4, -0.2) is 84.1 Å². The first-order valence-electron chi connectivity index (χ1n) is 10.4. The molecule has 0 aromatic carbocycles. The highest BCUT2D eigenvalue weighted by molar-refractivity contribution is 5.90. The van der Waals surface area contributed by atoms with E-state index in [1.54, 1.807) is 21.7 Å². The van der Waals surface area contributed by atoms with Crippen LogP contribution in [-0.2, 0) is 9.53 Å². The smallest absolute Gasteiger partial charge is 0.374 e. The van der Waals surface area contributed by atoms with Crippen LogP contribution in [0.15, 0.2) is 18.6 Å². The summed E-state index contributed by atoms with van der Waals surface area (Å²) < 4.78 is 49.8. The zero-order valence-electron chi connectivity index (χ0n) is 17.4. The monoisotopic (exact) mass is 438 g/mol. The van der Waals surface area contributed by atoms with Crippen LogP contribution in [0.3, 0.4) is 0 Å². The van der Waals surface area contributed by atoms with E-state index < -0.39 is 22.9 Å². The molecule has 1 N–H and O–H groups in total. The van der Waals surface area contributed by atoms with Crippen LogP contribution < -0.4 is 10.2 Å². The predicted octanol–water partition coefficient (Wildman–Crippen LogP) is 1.24. The lowest BCUT2D eigenvalue weighted by atomic mass is 9.94. The number of hydrogen-bond donors (Lipinski definition) is 1. The van der Waals surface area contributed by atoms with Gasteiger partial charge in [0.25, 0.3) is 0 Å². The Morgan fingerprint density at radius 3 is 2.94 bits per heavy atom. The first-order chi connectivity index (χ1) is 14.7. The fraction of sp³-hybridized carbons (Fsp3) is 0.650. The number of hydrogen-bond acceptors (Lipinski definition) is 6. The molecule has 8 nitrogen and oxygen atoms in total. The Bertz CT molecular complexity index is 1030. The van der Waals surface area contributed by atoms with Gasteiger partial charge in [-0.25, -0.2) is 9.50 Å². The van der Waals surface area contributed by atoms with Gasteiger partial charge in [0, 0.05) is 38.9 Å². The van der Waals surface area contributed by atoms with E-state index >= 15 is 0 Å². The lowest BCUT2D eigenvalue weighted by molar-refractivity contribution is -0.191. The molecule has 4 heterocycles. The number of nitrogens with one attached hydrogen (secondary N) is 1. The van der Waals surface area contributed by atoms with Crippen LogP contribution in [0.1, 0.15) is 12.0 Å². The SMILES string of the molecule is Cc1cc(N2CC3(C(=O)NC[C@H]4CN(C)CCO4)CC3(C(F)(F)F)C2)c2ncnn2c1. The van der Waals surface area contributed by atoms with E-state index in [1.807, 2.05) is 14.0 Å². The largest absolute Gasteiger partial charge is 0.397 e. The summed E-state index contributed by atoms with van der Waals surface area (Å²) in [6.07, 6.45) is -1.74. The number of rotatable bonds is 4. The molecule has 0 radical (unpaired) electrons. The van der Waals surface area contributed by atoms with Crippen molar-refractivity contribution in [3.05, 3.63) is 24.2 Å². The maximum atomic E-state index is 14.2. The van der Waals surface area contributed by atoms with Crippen molar-refractivity contribution in [2.24, 2.45) is 10.8 Å². The van der Waals surface area contributed by atoms with Gasteiger partial charge in [-0.15, -0.1) is 0 Å². The van der Waals surface area contributed by atoms with Gasteiger partial charge in [-0.05, 0) is 32.0 Å². The van der Waals surface area contributed by atoms with Gasteiger partial charge >= 0.3 is 6.18 Å². The van der Waals surface area contributed by atoms with E-state index in [1.165, 1.54) is 6.33 Å². The molecule has 3 aliphatic rings. The van der Waals surface area contributed by atoms with Gasteiger partial charge in [0.2, 0.25) is 5.91 Å². The molecule has 1 saturated carbocycles. The second kappa shape index (κ2) is 6.80. The minimum atomic E-state index is -4.48. The van der Waals surface area contributed by atoms with Crippen molar-refractivity contribution in [2.75, 3.05) is 51.3 Å². The van der Waals surface area contributed by atoms with Gasteiger partial charge < -0.3 is 19.9 Å². The van der Waals surface area contributed by atoms with Gasteiger partial charge in [0.1, 0.15) is 11.7 Å². The standard InChI is InChI=1S/C20H25F3N6O2/c1-13-5-15(16-25-12-26-29(16)7-13)28-10-18(9-19(18,11-28)20(21,22)23)17(30)24-6-14-8-27(2)3-4-31-14/h5,7,12,14H,3-4,6,8-11H2,1-2H3,(H,24,30)/t14-,18?,19?/m0/s1. The van der Waals surface area contributed by atoms with Crippen molar-refractivity contribution >= 4 is 17.2 Å². The fourth-order valence-corrected chi connectivity index (χ4v) is 5.23. The number of alkyl halides is 3. The highest BCUT2D eigenvalue weighted by atomic mass is 19.4. The van der Waals surface area contributed by atoms with Crippen LogP contribution in [0, 0.1) is 17.8 Å². The molecule has 11 heteroatoms. The van der Waals surface area contributed by atoms with Crippen LogP contribution in [0.4, 0.5) is 18.9 Å². The number of aromatic nitrogens is 3. The second-order valence-corrected chi connectivity index (χ2v) is 9.09. The maximum absolute atomic E-state index is 14.2. The normalized spacial score (nSPS) is 31.1. The molecule has 2 aliphatic heterocycles. The summed E-state index contributed by atoms with van der Waals surface area (Å²) in [4.78, 5) is 21.0. The Hall–Kier alpha value is -2.40. The van der Waals surface area contributed by atoms with Crippen LogP contribution in [0.5, 0.6) is 0 Å². The number of likely N-dealkylation sites (N-methyl/N-ethyl adjacent to an activating group) is 1. The number of nitrogens with zero attached hydrogens (tertiary/aromatic N) is 5. The Balaban J connectivity index is 1.40. The molecule has 0 bridgehead atoms. The molecule has 3 fully saturated rings. The Labute approximate surface area is 177 Å². The summed E-state index contributed by atoms with van der Waals surface area (Å²) in [5.74, 6) is -0.547. The number of fused-ring (bicyclic) bond motifs is 2. The average Bonchev–Trinajstić information content (AvgIpc) is 3.00. The molecular weight excluding hydrogens is 413 g/mol. The van der Waals surface area contributed by atoms with E-state index in [-0.39, 0.29) is 32.2 Å². The van der Waals surface area contributed by atoms with Gasteiger partial charge in [-0.1, -0.05) is 0 Å². The van der Waals surface area contributed by atoms with E-state index in [0.29, 0.717) is 24.5 Å². The summed E-state index contributed by atoms with van der Waals surface area (Å²) in [7, 11) is 1.95. The summed E-state index contributed by atoms with van der Waals surface area (Å²) in [5, 5.41) is 6.87. The van der Waals surface area contributed by atoms with E-state index in [0.717, 1.165) is 12.1 Å². The van der Waals surface area contributed by atoms with Crippen LogP contribution in [0.2, 0.25) is 0 Å². The topological polar surface area (TPSA) is 75.0 Å². The molecule has 1 amide bonds. The summed E-state index contributed by atoms with van der Waals surface area (Å²) in [6, 6.07) is 1.80. The van der Waals surface area contributed by atoms with Crippen molar-refractivity contribution in [3.8, 4) is 0 Å². The number of piperidine rings is 1. The molecule has 3 atom stereocenters. The highest BCUT2D eigenvalue weighted by Crippen LogP contribution is 2.75. The van der Waals surface area contributed by atoms with E-state index in [2.05, 4.69) is 20.3 Å². The molecular formula is C20H25F3N6O2. The number of halogens is 3. The highest BCUT2D eigenvalue weighted by Gasteiger charge is 2.86. The number of morpholine rings is 1. The number of carbonyl (C=O) groups excluding carboxylic acids is 1. The molecule has 2 aromatic rings. The van der Waals surface area contributed by atoms with Crippen molar-refractivity contribution in [2.45, 2.75) is 25.6 Å². The van der Waals surface area contributed by atoms with E-state index in [9.17, 15) is 18.0 Å². The zero-order valence-corrected chi connectivity index (χ0v) is 17.4. The Morgan fingerprint density at radius 2 is 2.19 bits per heavy atom. The lowest BCUT2D eigenvalue weighted by Gasteiger charge is -2.30. The Morgan fingerprint density at radius 1 is 1.39 bits per heavy atom. The van der Waals surface area contributed by atoms with Crippen molar-refractivity contribution in [1.82, 2.24) is 24.8 Å². The summed E-state index contributed by atoms with van der Waals surface area (Å²) in [5.41, 5.74) is -1.63. The number of aryl methyl sites for hydroxylation is 1. The first kappa shape index (κ1) is 20.5. The number of amides is 1. The molecule has 2 saturated heterocycles.